The molecule has 6 nitrogen and oxygen atoms in total. The van der Waals surface area contributed by atoms with Crippen molar-refractivity contribution >= 4 is 27.8 Å². The highest BCUT2D eigenvalue weighted by Gasteiger charge is 2.11. The summed E-state index contributed by atoms with van der Waals surface area (Å²) in [5.74, 6) is -1.14. The third-order valence-electron chi connectivity index (χ3n) is 2.63. The van der Waals surface area contributed by atoms with Crippen LogP contribution in [0.2, 0.25) is 0 Å². The zero-order valence-corrected chi connectivity index (χ0v) is 12.8. The molecule has 0 saturated heterocycles. The topological polar surface area (TPSA) is 92.7 Å². The highest BCUT2D eigenvalue weighted by Crippen LogP contribution is 2.18. The Morgan fingerprint density at radius 2 is 2.14 bits per heavy atom. The van der Waals surface area contributed by atoms with Crippen LogP contribution in [-0.4, -0.2) is 38.5 Å². The fraction of sp³-hybridized carbons (Fsp3) is 0.357. The van der Waals surface area contributed by atoms with Gasteiger partial charge in [-0.25, -0.2) is 13.2 Å². The molecule has 2 N–H and O–H groups in total. The molecule has 0 amide bonds. The number of carboxylic acids is 1. The van der Waals surface area contributed by atoms with E-state index in [1.165, 1.54) is 6.08 Å². The predicted molar refractivity (Wildman–Crippen MR) is 81.8 cm³/mol. The Morgan fingerprint density at radius 1 is 1.43 bits per heavy atom. The van der Waals surface area contributed by atoms with E-state index < -0.39 is 16.0 Å². The fourth-order valence-corrected chi connectivity index (χ4v) is 2.61. The summed E-state index contributed by atoms with van der Waals surface area (Å²) in [6.07, 6.45) is 2.48. The molecule has 0 aromatic heterocycles. The van der Waals surface area contributed by atoms with Gasteiger partial charge in [0, 0.05) is 12.7 Å². The Hall–Kier alpha value is -1.86. The van der Waals surface area contributed by atoms with Crippen molar-refractivity contribution in [3.8, 4) is 0 Å². The zero-order chi connectivity index (χ0) is 15.9. The first-order valence-corrected chi connectivity index (χ1v) is 8.09. The van der Waals surface area contributed by atoms with E-state index in [2.05, 4.69) is 4.72 Å². The molecule has 0 bridgehead atoms. The Balaban J connectivity index is 2.79. The van der Waals surface area contributed by atoms with Crippen molar-refractivity contribution in [2.75, 3.05) is 23.7 Å². The molecule has 1 aromatic carbocycles. The number of ether oxygens (including phenoxy) is 1. The van der Waals surface area contributed by atoms with Crippen molar-refractivity contribution in [3.05, 3.63) is 35.4 Å². The summed E-state index contributed by atoms with van der Waals surface area (Å²) in [7, 11) is -3.46. The van der Waals surface area contributed by atoms with Crippen molar-refractivity contribution in [2.45, 2.75) is 13.8 Å². The first-order chi connectivity index (χ1) is 9.84. The number of carbonyl (C=O) groups is 1. The molecule has 0 spiro atoms. The van der Waals surface area contributed by atoms with Gasteiger partial charge in [0.25, 0.3) is 0 Å². The number of hydrogen-bond donors (Lipinski definition) is 2. The maximum Gasteiger partial charge on any atom is 0.328 e. The highest BCUT2D eigenvalue weighted by molar-refractivity contribution is 7.92. The van der Waals surface area contributed by atoms with Gasteiger partial charge in [-0.2, -0.15) is 0 Å². The zero-order valence-electron chi connectivity index (χ0n) is 12.0. The second-order valence-electron chi connectivity index (χ2n) is 4.36. The first-order valence-electron chi connectivity index (χ1n) is 6.44. The summed E-state index contributed by atoms with van der Waals surface area (Å²) < 4.78 is 31.2. The van der Waals surface area contributed by atoms with E-state index in [0.717, 1.165) is 6.08 Å². The molecule has 0 radical (unpaired) electrons. The largest absolute Gasteiger partial charge is 0.478 e. The van der Waals surface area contributed by atoms with Crippen molar-refractivity contribution in [1.29, 1.82) is 0 Å². The summed E-state index contributed by atoms with van der Waals surface area (Å²) >= 11 is 0. The summed E-state index contributed by atoms with van der Waals surface area (Å²) in [4.78, 5) is 10.4. The summed E-state index contributed by atoms with van der Waals surface area (Å²) in [6.45, 7) is 4.16. The van der Waals surface area contributed by atoms with Crippen LogP contribution in [-0.2, 0) is 19.6 Å². The van der Waals surface area contributed by atoms with Gasteiger partial charge in [-0.15, -0.1) is 0 Å². The Kier molecular flexibility index (Phi) is 6.39. The lowest BCUT2D eigenvalue weighted by atomic mass is 10.1. The molecular weight excluding hydrogens is 294 g/mol. The van der Waals surface area contributed by atoms with Crippen LogP contribution in [0.4, 0.5) is 5.69 Å². The molecule has 0 aliphatic rings. The van der Waals surface area contributed by atoms with Crippen molar-refractivity contribution in [2.24, 2.45) is 0 Å². The Morgan fingerprint density at radius 3 is 2.71 bits per heavy atom. The highest BCUT2D eigenvalue weighted by atomic mass is 32.2. The molecule has 21 heavy (non-hydrogen) atoms. The quantitative estimate of drug-likeness (QED) is 0.564. The maximum atomic E-state index is 11.8. The van der Waals surface area contributed by atoms with E-state index in [4.69, 9.17) is 9.84 Å². The van der Waals surface area contributed by atoms with Gasteiger partial charge in [0.2, 0.25) is 10.0 Å². The standard InChI is InChI=1S/C14H19NO5S/c1-3-20-8-9-21(18,19)15-13-6-4-12(10-11(13)2)5-7-14(16)17/h4-7,10,15H,3,8-9H2,1-2H3,(H,16,17). The number of hydrogen-bond acceptors (Lipinski definition) is 4. The van der Waals surface area contributed by atoms with Crippen LogP contribution in [0.15, 0.2) is 24.3 Å². The molecule has 0 atom stereocenters. The van der Waals surface area contributed by atoms with Crippen LogP contribution in [0.25, 0.3) is 6.08 Å². The van der Waals surface area contributed by atoms with Gasteiger partial charge in [0.1, 0.15) is 0 Å². The molecule has 0 saturated carbocycles. The first kappa shape index (κ1) is 17.2. The van der Waals surface area contributed by atoms with Crippen molar-refractivity contribution < 1.29 is 23.1 Å². The van der Waals surface area contributed by atoms with Gasteiger partial charge in [-0.1, -0.05) is 6.07 Å². The lowest BCUT2D eigenvalue weighted by molar-refractivity contribution is -0.131. The minimum absolute atomic E-state index is 0.110. The molecule has 0 unspecified atom stereocenters. The van der Waals surface area contributed by atoms with Gasteiger partial charge >= 0.3 is 5.97 Å². The van der Waals surface area contributed by atoms with E-state index >= 15 is 0 Å². The lowest BCUT2D eigenvalue weighted by Gasteiger charge is -2.11. The van der Waals surface area contributed by atoms with E-state index in [1.807, 2.05) is 0 Å². The van der Waals surface area contributed by atoms with E-state index in [1.54, 1.807) is 32.0 Å². The van der Waals surface area contributed by atoms with E-state index in [-0.39, 0.29) is 12.4 Å². The fourth-order valence-electron chi connectivity index (χ4n) is 1.60. The average Bonchev–Trinajstić information content (AvgIpc) is 2.39. The summed E-state index contributed by atoms with van der Waals surface area (Å²) in [6, 6.07) is 4.96. The third kappa shape index (κ3) is 6.42. The molecule has 0 heterocycles. The van der Waals surface area contributed by atoms with Crippen LogP contribution in [0, 0.1) is 6.92 Å². The van der Waals surface area contributed by atoms with Crippen LogP contribution in [0.3, 0.4) is 0 Å². The number of carboxylic acid groups (broad SMARTS) is 1. The third-order valence-corrected chi connectivity index (χ3v) is 3.87. The minimum atomic E-state index is -3.46. The van der Waals surface area contributed by atoms with E-state index in [0.29, 0.717) is 23.4 Å². The van der Waals surface area contributed by atoms with Crippen LogP contribution < -0.4 is 4.72 Å². The number of aryl methyl sites for hydroxylation is 1. The second-order valence-corrected chi connectivity index (χ2v) is 6.21. The second kappa shape index (κ2) is 7.80. The maximum absolute atomic E-state index is 11.8. The van der Waals surface area contributed by atoms with Crippen molar-refractivity contribution in [3.63, 3.8) is 0 Å². The molecule has 1 aromatic rings. The predicted octanol–water partition coefficient (Wildman–Crippen LogP) is 1.87. The number of anilines is 1. The number of benzene rings is 1. The molecular formula is C14H19NO5S. The lowest BCUT2D eigenvalue weighted by Crippen LogP contribution is -2.20. The van der Waals surface area contributed by atoms with Gasteiger partial charge < -0.3 is 9.84 Å². The van der Waals surface area contributed by atoms with Crippen LogP contribution >= 0.6 is 0 Å². The molecule has 0 aliphatic heterocycles. The van der Waals surface area contributed by atoms with Gasteiger partial charge in [-0.05, 0) is 43.2 Å². The van der Waals surface area contributed by atoms with Gasteiger partial charge in [0.15, 0.2) is 0 Å². The average molecular weight is 313 g/mol. The van der Waals surface area contributed by atoms with Gasteiger partial charge in [-0.3, -0.25) is 4.72 Å². The number of nitrogens with one attached hydrogen (secondary N) is 1. The molecule has 7 heteroatoms. The smallest absolute Gasteiger partial charge is 0.328 e. The van der Waals surface area contributed by atoms with Crippen molar-refractivity contribution in [1.82, 2.24) is 0 Å². The molecule has 1 rings (SSSR count). The minimum Gasteiger partial charge on any atom is -0.478 e. The van der Waals surface area contributed by atoms with Crippen LogP contribution in [0.1, 0.15) is 18.1 Å². The number of aliphatic carboxylic acids is 1. The number of rotatable bonds is 8. The molecule has 0 fully saturated rings. The van der Waals surface area contributed by atoms with E-state index in [9.17, 15) is 13.2 Å². The molecule has 116 valence electrons. The number of sulfonamides is 1. The summed E-state index contributed by atoms with van der Waals surface area (Å²) in [5, 5.41) is 8.56. The normalized spacial score (nSPS) is 11.7. The monoisotopic (exact) mass is 313 g/mol. The molecule has 0 aliphatic carbocycles. The van der Waals surface area contributed by atoms with Gasteiger partial charge in [0.05, 0.1) is 18.0 Å². The Bertz CT molecular complexity index is 622. The van der Waals surface area contributed by atoms with Crippen LogP contribution in [0.5, 0.6) is 0 Å². The SMILES string of the molecule is CCOCCS(=O)(=O)Nc1ccc(C=CC(=O)O)cc1C. The Labute approximate surface area is 124 Å². The summed E-state index contributed by atoms with van der Waals surface area (Å²) in [5.41, 5.74) is 1.87.